The minimum Gasteiger partial charge on any atom is -0.464 e. The van der Waals surface area contributed by atoms with Gasteiger partial charge in [0.15, 0.2) is 0 Å². The summed E-state index contributed by atoms with van der Waals surface area (Å²) in [4.78, 5) is 65.5. The van der Waals surface area contributed by atoms with Crippen molar-refractivity contribution < 1.29 is 28.0 Å². The number of nitrogens with zero attached hydrogens (tertiary/aromatic N) is 6. The third-order valence-electron chi connectivity index (χ3n) is 14.1. The first kappa shape index (κ1) is 53.0. The van der Waals surface area contributed by atoms with Crippen LogP contribution in [0.25, 0.3) is 34.0 Å². The van der Waals surface area contributed by atoms with Gasteiger partial charge in [0, 0.05) is 99.5 Å². The maximum Gasteiger partial charge on any atom is 0.244 e. The number of hydrogen-bond donors (Lipinski definition) is 2. The lowest BCUT2D eigenvalue weighted by Crippen LogP contribution is -2.64. The largest absolute Gasteiger partial charge is 0.464 e. The Balaban J connectivity index is 0.938. The molecule has 0 radical (unpaired) electrons. The van der Waals surface area contributed by atoms with E-state index in [1.165, 1.54) is 0 Å². The summed E-state index contributed by atoms with van der Waals surface area (Å²) < 4.78 is 12.2. The molecule has 4 atom stereocenters. The highest BCUT2D eigenvalue weighted by Gasteiger charge is 2.41. The van der Waals surface area contributed by atoms with Crippen molar-refractivity contribution in [3.63, 3.8) is 0 Å². The van der Waals surface area contributed by atoms with E-state index in [0.717, 1.165) is 56.0 Å². The van der Waals surface area contributed by atoms with Crippen LogP contribution in [0.2, 0.25) is 0 Å². The molecule has 0 spiro atoms. The molecule has 6 aromatic rings. The van der Waals surface area contributed by atoms with E-state index in [-0.39, 0.29) is 47.5 Å². The second kappa shape index (κ2) is 23.7. The summed E-state index contributed by atoms with van der Waals surface area (Å²) in [5.74, 6) is 1.26. The van der Waals surface area contributed by atoms with Crippen molar-refractivity contribution in [2.75, 3.05) is 40.3 Å². The van der Waals surface area contributed by atoms with Crippen molar-refractivity contribution in [1.29, 1.82) is 5.26 Å². The smallest absolute Gasteiger partial charge is 0.244 e. The molecular formula is C60H70N8O6. The normalized spacial score (nSPS) is 18.5. The van der Waals surface area contributed by atoms with Crippen LogP contribution in [0.5, 0.6) is 0 Å². The van der Waals surface area contributed by atoms with Crippen molar-refractivity contribution in [1.82, 2.24) is 35.1 Å². The highest BCUT2D eigenvalue weighted by Crippen LogP contribution is 2.34. The van der Waals surface area contributed by atoms with Crippen LogP contribution in [0, 0.1) is 23.2 Å². The maximum atomic E-state index is 14.1. The SMILES string of the molecule is CC(C)C(=O)N1C(C)CN(Cc2ccc(C#N)cc2)CC1C(=O)NCc1ccc(-c2ccc(-c3cccc(CN4CC(C)N(C(=O)C(C)C)C(C(=O)NCc5ccc(-c6ccco6)cc5)C4)c3CN(C)C)o2)cc1. The Morgan fingerprint density at radius 3 is 1.64 bits per heavy atom. The zero-order chi connectivity index (χ0) is 52.6. The van der Waals surface area contributed by atoms with Crippen LogP contribution in [0.3, 0.4) is 0 Å². The van der Waals surface area contributed by atoms with Crippen LogP contribution in [0.1, 0.15) is 74.9 Å². The summed E-state index contributed by atoms with van der Waals surface area (Å²) in [7, 11) is 4.10. The van der Waals surface area contributed by atoms with E-state index in [1.807, 2.05) is 141 Å². The van der Waals surface area contributed by atoms with Crippen LogP contribution in [0.4, 0.5) is 0 Å². The number of hydrogen-bond acceptors (Lipinski definition) is 10. The van der Waals surface area contributed by atoms with E-state index < -0.39 is 12.1 Å². The Labute approximate surface area is 435 Å². The predicted octanol–water partition coefficient (Wildman–Crippen LogP) is 8.55. The monoisotopic (exact) mass is 999 g/mol. The second-order valence-electron chi connectivity index (χ2n) is 20.9. The summed E-state index contributed by atoms with van der Waals surface area (Å²) >= 11 is 0. The number of piperazine rings is 2. The zero-order valence-electron chi connectivity index (χ0n) is 44.0. The molecule has 2 aliphatic heterocycles. The van der Waals surface area contributed by atoms with E-state index in [9.17, 15) is 24.4 Å². The van der Waals surface area contributed by atoms with Crippen molar-refractivity contribution in [3.05, 3.63) is 155 Å². The Bertz CT molecular complexity index is 2920. The lowest BCUT2D eigenvalue weighted by atomic mass is 9.96. The van der Waals surface area contributed by atoms with Gasteiger partial charge in [-0.2, -0.15) is 5.26 Å². The Morgan fingerprint density at radius 2 is 1.14 bits per heavy atom. The third kappa shape index (κ3) is 12.5. The highest BCUT2D eigenvalue weighted by atomic mass is 16.3. The maximum absolute atomic E-state index is 14.1. The standard InChI is InChI=1S/C60H70N8O6/c1-39(2)59(71)67-41(5)32-65(34-46-16-14-43(29-61)15-17-46)37-52(67)57(69)62-31-45-20-24-48(25-21-45)55-26-27-56(74-55)50-12-9-11-49(51(50)36-64(7)8)35-66-33-42(6)68(60(72)40(3)4)53(38-66)58(70)63-30-44-18-22-47(23-19-44)54-13-10-28-73-54/h9-28,39-42,52-53H,30-38H2,1-8H3,(H,62,69)(H,63,70). The van der Waals surface area contributed by atoms with Crippen LogP contribution >= 0.6 is 0 Å². The van der Waals surface area contributed by atoms with Gasteiger partial charge in [-0.15, -0.1) is 0 Å². The Hall–Kier alpha value is -7.31. The van der Waals surface area contributed by atoms with Crippen LogP contribution in [-0.4, -0.2) is 113 Å². The van der Waals surface area contributed by atoms with E-state index >= 15 is 0 Å². The van der Waals surface area contributed by atoms with Crippen LogP contribution < -0.4 is 10.6 Å². The average molecular weight is 999 g/mol. The average Bonchev–Trinajstić information content (AvgIpc) is 4.12. The molecule has 2 fully saturated rings. The highest BCUT2D eigenvalue weighted by molar-refractivity contribution is 5.90. The minimum atomic E-state index is -0.670. The van der Waals surface area contributed by atoms with Gasteiger partial charge in [0.1, 0.15) is 29.4 Å². The number of nitriles is 1. The molecule has 4 aromatic carbocycles. The van der Waals surface area contributed by atoms with Gasteiger partial charge in [0.25, 0.3) is 0 Å². The number of carbonyl (C=O) groups is 4. The van der Waals surface area contributed by atoms with Gasteiger partial charge in [-0.1, -0.05) is 107 Å². The molecule has 2 saturated heterocycles. The molecule has 2 aromatic heterocycles. The summed E-state index contributed by atoms with van der Waals surface area (Å²) in [6, 6.07) is 37.9. The molecule has 2 aliphatic rings. The number of rotatable bonds is 17. The zero-order valence-corrected chi connectivity index (χ0v) is 44.0. The number of amides is 4. The van der Waals surface area contributed by atoms with E-state index in [2.05, 4.69) is 49.6 Å². The van der Waals surface area contributed by atoms with E-state index in [0.29, 0.717) is 70.2 Å². The van der Waals surface area contributed by atoms with Crippen molar-refractivity contribution in [2.45, 2.75) is 98.4 Å². The predicted molar refractivity (Wildman–Crippen MR) is 286 cm³/mol. The van der Waals surface area contributed by atoms with Gasteiger partial charge in [-0.3, -0.25) is 29.0 Å². The van der Waals surface area contributed by atoms with Gasteiger partial charge in [-0.05, 0) is 92.2 Å². The van der Waals surface area contributed by atoms with E-state index in [4.69, 9.17) is 8.83 Å². The Kier molecular flexibility index (Phi) is 17.0. The fraction of sp³-hybridized carbons (Fsp3) is 0.383. The molecule has 2 N–H and O–H groups in total. The van der Waals surface area contributed by atoms with Crippen molar-refractivity contribution in [3.8, 4) is 40.0 Å². The molecular weight excluding hydrogens is 929 g/mol. The molecule has 0 saturated carbocycles. The lowest BCUT2D eigenvalue weighted by molar-refractivity contribution is -0.150. The van der Waals surface area contributed by atoms with Crippen LogP contribution in [0.15, 0.2) is 130 Å². The first-order valence-electron chi connectivity index (χ1n) is 25.8. The number of furan rings is 2. The topological polar surface area (TPSA) is 159 Å². The minimum absolute atomic E-state index is 0.0348. The number of nitrogens with one attached hydrogen (secondary N) is 2. The molecule has 0 aliphatic carbocycles. The molecule has 14 heteroatoms. The summed E-state index contributed by atoms with van der Waals surface area (Å²) in [6.07, 6.45) is 1.65. The molecule has 4 amide bonds. The molecule has 8 rings (SSSR count). The third-order valence-corrected chi connectivity index (χ3v) is 14.1. The molecule has 74 heavy (non-hydrogen) atoms. The van der Waals surface area contributed by atoms with Gasteiger partial charge in [0.2, 0.25) is 23.6 Å². The first-order valence-corrected chi connectivity index (χ1v) is 25.8. The molecule has 386 valence electrons. The number of benzene rings is 4. The lowest BCUT2D eigenvalue weighted by Gasteiger charge is -2.45. The summed E-state index contributed by atoms with van der Waals surface area (Å²) in [6.45, 7) is 16.0. The Morgan fingerprint density at radius 1 is 0.622 bits per heavy atom. The van der Waals surface area contributed by atoms with Crippen molar-refractivity contribution >= 4 is 23.6 Å². The number of carbonyl (C=O) groups excluding carboxylic acids is 4. The molecule has 4 unspecified atom stereocenters. The first-order chi connectivity index (χ1) is 35.6. The van der Waals surface area contributed by atoms with Gasteiger partial charge in [0.05, 0.1) is 17.9 Å². The molecule has 14 nitrogen and oxygen atoms in total. The summed E-state index contributed by atoms with van der Waals surface area (Å²) in [5.41, 5.74) is 8.57. The van der Waals surface area contributed by atoms with Crippen molar-refractivity contribution in [2.24, 2.45) is 11.8 Å². The molecule has 0 bridgehead atoms. The molecule has 4 heterocycles. The fourth-order valence-corrected chi connectivity index (χ4v) is 10.3. The van der Waals surface area contributed by atoms with Crippen LogP contribution in [-0.2, 0) is 51.9 Å². The quantitative estimate of drug-likeness (QED) is 0.0907. The van der Waals surface area contributed by atoms with E-state index in [1.54, 1.807) is 28.2 Å². The summed E-state index contributed by atoms with van der Waals surface area (Å²) in [5, 5.41) is 15.5. The van der Waals surface area contributed by atoms with Gasteiger partial charge in [-0.25, -0.2) is 0 Å². The second-order valence-corrected chi connectivity index (χ2v) is 20.9. The fourth-order valence-electron chi connectivity index (χ4n) is 10.3. The van der Waals surface area contributed by atoms with Gasteiger partial charge < -0.3 is 34.2 Å². The van der Waals surface area contributed by atoms with Gasteiger partial charge >= 0.3 is 0 Å².